The molecule has 1 aliphatic rings. The van der Waals surface area contributed by atoms with Gasteiger partial charge in [0.25, 0.3) is 5.69 Å². The summed E-state index contributed by atoms with van der Waals surface area (Å²) >= 11 is 0. The van der Waals surface area contributed by atoms with E-state index in [1.165, 1.54) is 6.92 Å². The number of nitrogens with one attached hydrogen (secondary N) is 1. The number of halogens is 1. The maximum Gasteiger partial charge on any atom is 0.276 e. The van der Waals surface area contributed by atoms with Crippen molar-refractivity contribution in [2.75, 3.05) is 14.1 Å². The van der Waals surface area contributed by atoms with Crippen LogP contribution in [0.25, 0.3) is 0 Å². The van der Waals surface area contributed by atoms with Crippen molar-refractivity contribution in [1.82, 2.24) is 9.62 Å². The first kappa shape index (κ1) is 17.8. The summed E-state index contributed by atoms with van der Waals surface area (Å²) in [7, 11) is -0.139. The Morgan fingerprint density at radius 2 is 2.00 bits per heavy atom. The summed E-state index contributed by atoms with van der Waals surface area (Å²) in [5.41, 5.74) is -0.717. The van der Waals surface area contributed by atoms with E-state index in [2.05, 4.69) is 4.72 Å². The number of hydrogen-bond donors (Lipinski definition) is 1. The molecule has 0 saturated heterocycles. The second-order valence-corrected chi connectivity index (χ2v) is 7.77. The molecule has 1 aromatic rings. The van der Waals surface area contributed by atoms with Crippen LogP contribution in [0.4, 0.5) is 10.1 Å². The molecule has 1 aliphatic carbocycles. The number of sulfonamides is 1. The average Bonchev–Trinajstić information content (AvgIpc) is 2.89. The van der Waals surface area contributed by atoms with Crippen molar-refractivity contribution < 1.29 is 17.7 Å². The molecule has 128 valence electrons. The second kappa shape index (κ2) is 6.50. The van der Waals surface area contributed by atoms with Gasteiger partial charge in [-0.05, 0) is 46.3 Å². The van der Waals surface area contributed by atoms with Crippen molar-refractivity contribution in [3.63, 3.8) is 0 Å². The van der Waals surface area contributed by atoms with Crippen LogP contribution in [0.5, 0.6) is 0 Å². The predicted octanol–water partition coefficient (Wildman–Crippen LogP) is 1.80. The Kier molecular flexibility index (Phi) is 5.02. The normalized spacial score (nSPS) is 21.8. The minimum atomic E-state index is -4.00. The molecule has 9 heteroatoms. The van der Waals surface area contributed by atoms with Crippen molar-refractivity contribution >= 4 is 15.7 Å². The second-order valence-electron chi connectivity index (χ2n) is 6.06. The summed E-state index contributed by atoms with van der Waals surface area (Å²) in [6, 6.07) is 1.75. The third-order valence-electron chi connectivity index (χ3n) is 4.25. The Labute approximate surface area is 134 Å². The topological polar surface area (TPSA) is 92.6 Å². The molecule has 1 aromatic carbocycles. The van der Waals surface area contributed by atoms with Crippen LogP contribution in [-0.4, -0.2) is 44.4 Å². The SMILES string of the molecule is Cc1c(F)cc(S(=O)(=O)N[C@@H]2CC[C@@H](N(C)C)C2)cc1[N+](=O)[O-]. The highest BCUT2D eigenvalue weighted by Gasteiger charge is 2.31. The van der Waals surface area contributed by atoms with E-state index in [1.807, 2.05) is 19.0 Å². The van der Waals surface area contributed by atoms with Crippen LogP contribution in [-0.2, 0) is 10.0 Å². The molecule has 0 heterocycles. The van der Waals surface area contributed by atoms with E-state index in [0.717, 1.165) is 18.6 Å². The fourth-order valence-corrected chi connectivity index (χ4v) is 4.12. The molecule has 0 spiro atoms. The Hall–Kier alpha value is -1.58. The van der Waals surface area contributed by atoms with Crippen LogP contribution in [0.1, 0.15) is 24.8 Å². The van der Waals surface area contributed by atoms with Crippen LogP contribution < -0.4 is 4.72 Å². The van der Waals surface area contributed by atoms with Crippen molar-refractivity contribution in [2.45, 2.75) is 43.2 Å². The van der Waals surface area contributed by atoms with Gasteiger partial charge in [0.1, 0.15) is 5.82 Å². The number of nitrogens with zero attached hydrogens (tertiary/aromatic N) is 2. The van der Waals surface area contributed by atoms with E-state index in [-0.39, 0.29) is 17.6 Å². The number of benzene rings is 1. The Morgan fingerprint density at radius 1 is 1.35 bits per heavy atom. The zero-order chi connectivity index (χ0) is 17.4. The maximum absolute atomic E-state index is 13.8. The van der Waals surface area contributed by atoms with E-state index in [4.69, 9.17) is 0 Å². The summed E-state index contributed by atoms with van der Waals surface area (Å²) in [6.45, 7) is 1.25. The molecule has 1 saturated carbocycles. The first-order valence-electron chi connectivity index (χ1n) is 7.25. The van der Waals surface area contributed by atoms with Crippen LogP contribution in [0.3, 0.4) is 0 Å². The van der Waals surface area contributed by atoms with Gasteiger partial charge in [-0.3, -0.25) is 10.1 Å². The highest BCUT2D eigenvalue weighted by atomic mass is 32.2. The molecule has 0 unspecified atom stereocenters. The molecule has 7 nitrogen and oxygen atoms in total. The van der Waals surface area contributed by atoms with Crippen LogP contribution in [0, 0.1) is 22.9 Å². The Morgan fingerprint density at radius 3 is 2.52 bits per heavy atom. The van der Waals surface area contributed by atoms with Crippen molar-refractivity contribution in [3.05, 3.63) is 33.6 Å². The van der Waals surface area contributed by atoms with Gasteiger partial charge >= 0.3 is 0 Å². The average molecular weight is 345 g/mol. The number of nitro benzene ring substituents is 1. The summed E-state index contributed by atoms with van der Waals surface area (Å²) < 4.78 is 41.1. The molecule has 0 amide bonds. The first-order chi connectivity index (χ1) is 10.6. The minimum absolute atomic E-state index is 0.178. The van der Waals surface area contributed by atoms with E-state index in [0.29, 0.717) is 12.8 Å². The fourth-order valence-electron chi connectivity index (χ4n) is 2.81. The number of rotatable bonds is 5. The summed E-state index contributed by atoms with van der Waals surface area (Å²) in [5.74, 6) is -0.905. The third-order valence-corrected chi connectivity index (χ3v) is 5.75. The van der Waals surface area contributed by atoms with Gasteiger partial charge < -0.3 is 4.90 Å². The van der Waals surface area contributed by atoms with Crippen LogP contribution in [0.15, 0.2) is 17.0 Å². The molecule has 2 atom stereocenters. The lowest BCUT2D eigenvalue weighted by atomic mass is 10.2. The van der Waals surface area contributed by atoms with E-state index in [9.17, 15) is 22.9 Å². The van der Waals surface area contributed by atoms with Crippen molar-refractivity contribution in [3.8, 4) is 0 Å². The molecule has 0 aliphatic heterocycles. The highest BCUT2D eigenvalue weighted by Crippen LogP contribution is 2.27. The molecular weight excluding hydrogens is 325 g/mol. The lowest BCUT2D eigenvalue weighted by molar-refractivity contribution is -0.385. The van der Waals surface area contributed by atoms with Crippen molar-refractivity contribution in [2.24, 2.45) is 0 Å². The van der Waals surface area contributed by atoms with E-state index in [1.54, 1.807) is 0 Å². The molecule has 0 aromatic heterocycles. The smallest absolute Gasteiger partial charge is 0.276 e. The summed E-state index contributed by atoms with van der Waals surface area (Å²) in [6.07, 6.45) is 2.20. The lowest BCUT2D eigenvalue weighted by Gasteiger charge is -2.19. The van der Waals surface area contributed by atoms with Crippen LogP contribution in [0.2, 0.25) is 0 Å². The highest BCUT2D eigenvalue weighted by molar-refractivity contribution is 7.89. The third kappa shape index (κ3) is 3.85. The number of nitro groups is 1. The van der Waals surface area contributed by atoms with Gasteiger partial charge in [0.05, 0.1) is 15.4 Å². The standard InChI is InChI=1S/C14H20FN3O4S/c1-9-13(15)7-12(8-14(9)18(19)20)23(21,22)16-10-4-5-11(6-10)17(2)3/h7-8,10-11,16H,4-6H2,1-3H3/t10-,11-/m1/s1. The molecule has 1 fully saturated rings. The van der Waals surface area contributed by atoms with Gasteiger partial charge in [-0.15, -0.1) is 0 Å². The molecule has 1 N–H and O–H groups in total. The van der Waals surface area contributed by atoms with Gasteiger partial charge in [0.2, 0.25) is 10.0 Å². The zero-order valence-corrected chi connectivity index (χ0v) is 14.1. The van der Waals surface area contributed by atoms with Crippen molar-refractivity contribution in [1.29, 1.82) is 0 Å². The Bertz CT molecular complexity index is 721. The molecule has 0 bridgehead atoms. The largest absolute Gasteiger partial charge is 0.306 e. The lowest BCUT2D eigenvalue weighted by Crippen LogP contribution is -2.35. The predicted molar refractivity (Wildman–Crippen MR) is 83.2 cm³/mol. The Balaban J connectivity index is 2.25. The molecular formula is C14H20FN3O4S. The fraction of sp³-hybridized carbons (Fsp3) is 0.571. The molecule has 23 heavy (non-hydrogen) atoms. The quantitative estimate of drug-likeness (QED) is 0.649. The maximum atomic E-state index is 13.8. The van der Waals surface area contributed by atoms with Gasteiger partial charge in [-0.25, -0.2) is 17.5 Å². The molecule has 0 radical (unpaired) electrons. The summed E-state index contributed by atoms with van der Waals surface area (Å²) in [4.78, 5) is 11.8. The van der Waals surface area contributed by atoms with E-state index < -0.39 is 31.3 Å². The summed E-state index contributed by atoms with van der Waals surface area (Å²) in [5, 5.41) is 10.9. The van der Waals surface area contributed by atoms with Gasteiger partial charge in [0.15, 0.2) is 0 Å². The van der Waals surface area contributed by atoms with Gasteiger partial charge in [0, 0.05) is 18.2 Å². The van der Waals surface area contributed by atoms with Gasteiger partial charge in [-0.1, -0.05) is 0 Å². The first-order valence-corrected chi connectivity index (χ1v) is 8.73. The monoisotopic (exact) mass is 345 g/mol. The zero-order valence-electron chi connectivity index (χ0n) is 13.2. The van der Waals surface area contributed by atoms with Gasteiger partial charge in [-0.2, -0.15) is 0 Å². The van der Waals surface area contributed by atoms with Crippen LogP contribution >= 0.6 is 0 Å². The minimum Gasteiger partial charge on any atom is -0.306 e. The molecule has 2 rings (SSSR count). The van der Waals surface area contributed by atoms with E-state index >= 15 is 0 Å². The number of hydrogen-bond acceptors (Lipinski definition) is 5.